The monoisotopic (exact) mass is 752 g/mol. The van der Waals surface area contributed by atoms with E-state index in [1.54, 1.807) is 0 Å². The quantitative estimate of drug-likeness (QED) is 0.153. The van der Waals surface area contributed by atoms with Crippen LogP contribution in [0, 0.1) is 0 Å². The summed E-state index contributed by atoms with van der Waals surface area (Å²) in [6.45, 7) is 4.60. The number of benzene rings is 9. The molecule has 1 aliphatic carbocycles. The number of aryl methyl sites for hydroxylation is 1. The molecule has 2 nitrogen and oxygen atoms in total. The van der Waals surface area contributed by atoms with Crippen LogP contribution in [-0.4, -0.2) is 9.13 Å². The fraction of sp³-hybridized carbons (Fsp3) is 0.0526. The van der Waals surface area contributed by atoms with Crippen molar-refractivity contribution in [1.29, 1.82) is 0 Å². The van der Waals surface area contributed by atoms with Crippen LogP contribution < -0.4 is 0 Å². The van der Waals surface area contributed by atoms with Gasteiger partial charge in [-0.15, -0.1) is 0 Å². The van der Waals surface area contributed by atoms with Gasteiger partial charge < -0.3 is 9.13 Å². The Hall–Kier alpha value is -7.42. The number of hydrogen-bond acceptors (Lipinski definition) is 0. The zero-order valence-corrected chi connectivity index (χ0v) is 32.6. The first-order chi connectivity index (χ1) is 29.2. The van der Waals surface area contributed by atoms with Crippen LogP contribution in [-0.2, 0) is 6.42 Å². The maximum Gasteiger partial charge on any atom is 0.0541 e. The standard InChI is InChI=1S/C57H40N2/c1-37-45-17-7-8-18-47(45)48-30-26-41(35-51(37)48)46(42-27-32-57-53(36-42)50-20-10-11-21-54(50)58(57)43-15-3-2-4-16-43)29-23-38-24-31-56-52(33-38)49-19-9-12-22-55(49)59(56)44-28-25-39-13-5-6-14-40(39)34-44/h2-22,24-28,30-36,46H,1,23,29H2. The van der Waals surface area contributed by atoms with E-state index in [1.165, 1.54) is 105 Å². The van der Waals surface area contributed by atoms with Gasteiger partial charge in [0.2, 0.25) is 0 Å². The summed E-state index contributed by atoms with van der Waals surface area (Å²) in [5.74, 6) is 0.176. The highest BCUT2D eigenvalue weighted by Crippen LogP contribution is 2.46. The fourth-order valence-corrected chi connectivity index (χ4v) is 10.1. The molecule has 12 rings (SSSR count). The Balaban J connectivity index is 0.977. The number of rotatable bonds is 7. The minimum atomic E-state index is 0.176. The van der Waals surface area contributed by atoms with Gasteiger partial charge in [-0.05, 0) is 135 Å². The first-order valence-corrected chi connectivity index (χ1v) is 20.7. The first-order valence-electron chi connectivity index (χ1n) is 20.7. The molecule has 59 heavy (non-hydrogen) atoms. The van der Waals surface area contributed by atoms with Gasteiger partial charge in [0.15, 0.2) is 0 Å². The molecular formula is C57H40N2. The zero-order chi connectivity index (χ0) is 39.0. The summed E-state index contributed by atoms with van der Waals surface area (Å²) in [5, 5.41) is 7.65. The highest BCUT2D eigenvalue weighted by atomic mass is 15.0. The Labute approximate surface area is 343 Å². The molecule has 0 saturated carbocycles. The lowest BCUT2D eigenvalue weighted by atomic mass is 9.84. The van der Waals surface area contributed by atoms with Crippen molar-refractivity contribution in [3.63, 3.8) is 0 Å². The van der Waals surface area contributed by atoms with Gasteiger partial charge in [0.1, 0.15) is 0 Å². The molecule has 0 spiro atoms. The van der Waals surface area contributed by atoms with Crippen molar-refractivity contribution >= 4 is 60.0 Å². The van der Waals surface area contributed by atoms with Crippen LogP contribution in [0.4, 0.5) is 0 Å². The Kier molecular flexibility index (Phi) is 7.61. The molecule has 2 aromatic heterocycles. The molecule has 1 aliphatic rings. The summed E-state index contributed by atoms with van der Waals surface area (Å²) in [4.78, 5) is 0. The summed E-state index contributed by atoms with van der Waals surface area (Å²) in [5.41, 5.74) is 17.5. The molecule has 9 aromatic carbocycles. The predicted octanol–water partition coefficient (Wildman–Crippen LogP) is 14.8. The van der Waals surface area contributed by atoms with Gasteiger partial charge in [0.05, 0.1) is 22.1 Å². The van der Waals surface area contributed by atoms with E-state index in [2.05, 4.69) is 216 Å². The normalized spacial score (nSPS) is 12.8. The molecule has 278 valence electrons. The molecule has 0 amide bonds. The van der Waals surface area contributed by atoms with Crippen LogP contribution in [0.25, 0.3) is 82.5 Å². The van der Waals surface area contributed by atoms with Crippen molar-refractivity contribution in [3.05, 3.63) is 235 Å². The number of fused-ring (bicyclic) bond motifs is 10. The first kappa shape index (κ1) is 33.7. The molecule has 1 unspecified atom stereocenters. The van der Waals surface area contributed by atoms with Crippen molar-refractivity contribution in [2.75, 3.05) is 0 Å². The van der Waals surface area contributed by atoms with Crippen LogP contribution in [0.1, 0.15) is 40.2 Å². The maximum atomic E-state index is 4.60. The fourth-order valence-electron chi connectivity index (χ4n) is 10.1. The van der Waals surface area contributed by atoms with Gasteiger partial charge in [-0.3, -0.25) is 0 Å². The molecule has 0 saturated heterocycles. The smallest absolute Gasteiger partial charge is 0.0541 e. The highest BCUT2D eigenvalue weighted by molar-refractivity contribution is 6.11. The molecule has 0 bridgehead atoms. The van der Waals surface area contributed by atoms with E-state index in [-0.39, 0.29) is 5.92 Å². The third-order valence-corrected chi connectivity index (χ3v) is 12.9. The minimum absolute atomic E-state index is 0.176. The molecule has 1 atom stereocenters. The van der Waals surface area contributed by atoms with E-state index in [1.807, 2.05) is 0 Å². The second kappa shape index (κ2) is 13.3. The zero-order valence-electron chi connectivity index (χ0n) is 32.6. The van der Waals surface area contributed by atoms with Gasteiger partial charge in [0, 0.05) is 38.8 Å². The maximum absolute atomic E-state index is 4.60. The second-order valence-corrected chi connectivity index (χ2v) is 16.1. The summed E-state index contributed by atoms with van der Waals surface area (Å²) >= 11 is 0. The lowest BCUT2D eigenvalue weighted by Gasteiger charge is -2.20. The average molecular weight is 753 g/mol. The Morgan fingerprint density at radius 1 is 0.373 bits per heavy atom. The SMILES string of the molecule is C=C1c2ccccc2-c2ccc(C(CCc3ccc4c(c3)c3ccccc3n4-c3ccc4ccccc4c3)c3ccc4c(c3)c3ccccc3n4-c3ccccc3)cc21. The van der Waals surface area contributed by atoms with Gasteiger partial charge >= 0.3 is 0 Å². The summed E-state index contributed by atoms with van der Waals surface area (Å²) in [7, 11) is 0. The third kappa shape index (κ3) is 5.34. The van der Waals surface area contributed by atoms with Crippen LogP contribution in [0.3, 0.4) is 0 Å². The lowest BCUT2D eigenvalue weighted by molar-refractivity contribution is 0.716. The highest BCUT2D eigenvalue weighted by Gasteiger charge is 2.25. The van der Waals surface area contributed by atoms with Crippen molar-refractivity contribution in [1.82, 2.24) is 9.13 Å². The molecule has 11 aromatic rings. The Morgan fingerprint density at radius 2 is 0.949 bits per heavy atom. The molecule has 0 fully saturated rings. The minimum Gasteiger partial charge on any atom is -0.309 e. The van der Waals surface area contributed by atoms with Gasteiger partial charge in [-0.25, -0.2) is 0 Å². The summed E-state index contributed by atoms with van der Waals surface area (Å²) in [6, 6.07) is 74.0. The van der Waals surface area contributed by atoms with Gasteiger partial charge in [-0.1, -0.05) is 140 Å². The van der Waals surface area contributed by atoms with Crippen LogP contribution in [0.15, 0.2) is 207 Å². The van der Waals surface area contributed by atoms with Crippen LogP contribution in [0.5, 0.6) is 0 Å². The van der Waals surface area contributed by atoms with Crippen molar-refractivity contribution < 1.29 is 0 Å². The van der Waals surface area contributed by atoms with Gasteiger partial charge in [-0.2, -0.15) is 0 Å². The average Bonchev–Trinajstić information content (AvgIpc) is 3.91. The van der Waals surface area contributed by atoms with E-state index in [0.29, 0.717) is 0 Å². The van der Waals surface area contributed by atoms with E-state index < -0.39 is 0 Å². The van der Waals surface area contributed by atoms with Crippen molar-refractivity contribution in [3.8, 4) is 22.5 Å². The number of nitrogens with zero attached hydrogens (tertiary/aromatic N) is 2. The Bertz CT molecular complexity index is 3470. The van der Waals surface area contributed by atoms with Crippen molar-refractivity contribution in [2.24, 2.45) is 0 Å². The molecule has 0 N–H and O–H groups in total. The van der Waals surface area contributed by atoms with Crippen LogP contribution >= 0.6 is 0 Å². The second-order valence-electron chi connectivity index (χ2n) is 16.1. The molecule has 0 radical (unpaired) electrons. The lowest BCUT2D eigenvalue weighted by Crippen LogP contribution is -2.04. The van der Waals surface area contributed by atoms with Crippen molar-refractivity contribution in [2.45, 2.75) is 18.8 Å². The molecule has 2 heteroatoms. The summed E-state index contributed by atoms with van der Waals surface area (Å²) in [6.07, 6.45) is 1.91. The number of hydrogen-bond donors (Lipinski definition) is 0. The summed E-state index contributed by atoms with van der Waals surface area (Å²) < 4.78 is 4.84. The Morgan fingerprint density at radius 3 is 1.75 bits per heavy atom. The molecule has 2 heterocycles. The predicted molar refractivity (Wildman–Crippen MR) is 249 cm³/mol. The van der Waals surface area contributed by atoms with E-state index in [9.17, 15) is 0 Å². The number of aromatic nitrogens is 2. The van der Waals surface area contributed by atoms with Gasteiger partial charge in [0.25, 0.3) is 0 Å². The van der Waals surface area contributed by atoms with Crippen LogP contribution in [0.2, 0.25) is 0 Å². The topological polar surface area (TPSA) is 9.86 Å². The van der Waals surface area contributed by atoms with E-state index >= 15 is 0 Å². The largest absolute Gasteiger partial charge is 0.309 e. The molecule has 0 aliphatic heterocycles. The van der Waals surface area contributed by atoms with E-state index in [0.717, 1.165) is 18.4 Å². The number of para-hydroxylation sites is 3. The third-order valence-electron chi connectivity index (χ3n) is 12.9. The molecular weight excluding hydrogens is 713 g/mol. The van der Waals surface area contributed by atoms with E-state index in [4.69, 9.17) is 0 Å².